The third-order valence-electron chi connectivity index (χ3n) is 7.28. The first-order chi connectivity index (χ1) is 16.3. The maximum atomic E-state index is 13.4. The highest BCUT2D eigenvalue weighted by atomic mass is 35.5. The third-order valence-corrected chi connectivity index (χ3v) is 7.51. The molecule has 3 atom stereocenters. The Hall–Kier alpha value is -3.06. The first kappa shape index (κ1) is 22.7. The van der Waals surface area contributed by atoms with E-state index in [4.69, 9.17) is 27.1 Å². The number of aryl methyl sites for hydroxylation is 2. The van der Waals surface area contributed by atoms with Crippen molar-refractivity contribution in [2.75, 3.05) is 6.54 Å². The Kier molecular flexibility index (Phi) is 5.76. The van der Waals surface area contributed by atoms with Crippen molar-refractivity contribution in [3.05, 3.63) is 58.9 Å². The van der Waals surface area contributed by atoms with E-state index < -0.39 is 17.6 Å². The lowest BCUT2D eigenvalue weighted by Crippen LogP contribution is -2.64. The second-order valence-electron chi connectivity index (χ2n) is 9.53. The first-order valence-corrected chi connectivity index (χ1v) is 12.2. The number of ether oxygens (including phenoxy) is 1. The molecule has 2 N–H and O–H groups in total. The molecule has 5 rings (SSSR count). The fraction of sp³-hybridized carbons (Fsp3) is 0.423. The number of nitrogens with two attached hydrogens (primary N) is 1. The van der Waals surface area contributed by atoms with Crippen LogP contribution in [0.15, 0.2) is 42.5 Å². The van der Waals surface area contributed by atoms with Crippen LogP contribution in [0.25, 0.3) is 11.0 Å². The highest BCUT2D eigenvalue weighted by molar-refractivity contribution is 6.31. The Morgan fingerprint density at radius 1 is 1.24 bits per heavy atom. The molecule has 8 heteroatoms. The fourth-order valence-electron chi connectivity index (χ4n) is 5.56. The molecule has 1 saturated heterocycles. The molecule has 0 radical (unpaired) electrons. The molecule has 1 fully saturated rings. The fourth-order valence-corrected chi connectivity index (χ4v) is 5.72. The van der Waals surface area contributed by atoms with E-state index in [1.807, 2.05) is 56.4 Å². The summed E-state index contributed by atoms with van der Waals surface area (Å²) in [5.74, 6) is -0.157. The summed E-state index contributed by atoms with van der Waals surface area (Å²) in [6.07, 6.45) is 4.06. The number of para-hydroxylation sites is 1. The second-order valence-corrected chi connectivity index (χ2v) is 9.96. The number of imidazole rings is 1. The number of piperidine rings is 1. The van der Waals surface area contributed by atoms with Gasteiger partial charge >= 0.3 is 0 Å². The summed E-state index contributed by atoms with van der Waals surface area (Å²) in [4.78, 5) is 32.1. The van der Waals surface area contributed by atoms with Crippen molar-refractivity contribution in [2.45, 2.75) is 50.7 Å². The maximum absolute atomic E-state index is 13.4. The summed E-state index contributed by atoms with van der Waals surface area (Å²) >= 11 is 6.10. The molecule has 7 nitrogen and oxygen atoms in total. The number of fused-ring (bicyclic) bond motifs is 5. The Balaban J connectivity index is 1.25. The van der Waals surface area contributed by atoms with Crippen molar-refractivity contribution < 1.29 is 14.3 Å². The summed E-state index contributed by atoms with van der Waals surface area (Å²) in [7, 11) is 2.02. The third kappa shape index (κ3) is 3.82. The lowest BCUT2D eigenvalue weighted by Gasteiger charge is -2.52. The van der Waals surface area contributed by atoms with Gasteiger partial charge in [-0.05, 0) is 49.6 Å². The lowest BCUT2D eigenvalue weighted by atomic mass is 9.73. The Morgan fingerprint density at radius 2 is 2.03 bits per heavy atom. The molecular formula is C26H29ClN4O3. The molecule has 178 valence electrons. The van der Waals surface area contributed by atoms with Crippen LogP contribution in [0.4, 0.5) is 0 Å². The van der Waals surface area contributed by atoms with Crippen LogP contribution >= 0.6 is 11.6 Å². The van der Waals surface area contributed by atoms with Crippen molar-refractivity contribution in [1.82, 2.24) is 14.5 Å². The number of amides is 2. The SMILES string of the molecule is Cn1c(CCCCCN2C(=O)[C@H](C(N)=O)[C@H]3C[C@@]2(C)Oc2ccccc23)nc2cc(Cl)ccc21. The monoisotopic (exact) mass is 480 g/mol. The molecule has 0 spiro atoms. The molecule has 3 heterocycles. The van der Waals surface area contributed by atoms with Crippen molar-refractivity contribution in [2.24, 2.45) is 18.7 Å². The average molecular weight is 481 g/mol. The maximum Gasteiger partial charge on any atom is 0.238 e. The number of halogens is 1. The number of likely N-dealkylation sites (tertiary alicyclic amines) is 1. The van der Waals surface area contributed by atoms with Gasteiger partial charge in [-0.3, -0.25) is 9.59 Å². The van der Waals surface area contributed by atoms with Gasteiger partial charge in [0.25, 0.3) is 0 Å². The van der Waals surface area contributed by atoms with E-state index in [0.29, 0.717) is 18.0 Å². The predicted molar refractivity (Wildman–Crippen MR) is 131 cm³/mol. The van der Waals surface area contributed by atoms with Gasteiger partial charge in [0.05, 0.1) is 11.0 Å². The predicted octanol–water partition coefficient (Wildman–Crippen LogP) is 4.17. The molecule has 0 aliphatic carbocycles. The van der Waals surface area contributed by atoms with Crippen LogP contribution in [-0.4, -0.2) is 38.5 Å². The molecular weight excluding hydrogens is 452 g/mol. The van der Waals surface area contributed by atoms with Crippen molar-refractivity contribution in [1.29, 1.82) is 0 Å². The van der Waals surface area contributed by atoms with E-state index in [1.165, 1.54) is 0 Å². The average Bonchev–Trinajstić information content (AvgIpc) is 3.09. The Morgan fingerprint density at radius 3 is 2.82 bits per heavy atom. The molecule has 3 aromatic rings. The summed E-state index contributed by atoms with van der Waals surface area (Å²) < 4.78 is 8.42. The van der Waals surface area contributed by atoms with Gasteiger partial charge in [0, 0.05) is 37.4 Å². The van der Waals surface area contributed by atoms with E-state index in [0.717, 1.165) is 53.9 Å². The van der Waals surface area contributed by atoms with Gasteiger partial charge in [-0.1, -0.05) is 36.2 Å². The quantitative estimate of drug-likeness (QED) is 0.406. The molecule has 0 saturated carbocycles. The molecule has 2 bridgehead atoms. The van der Waals surface area contributed by atoms with Gasteiger partial charge in [-0.15, -0.1) is 0 Å². The summed E-state index contributed by atoms with van der Waals surface area (Å²) in [5.41, 5.74) is 7.78. The van der Waals surface area contributed by atoms with Crippen LogP contribution in [0.5, 0.6) is 5.75 Å². The van der Waals surface area contributed by atoms with E-state index >= 15 is 0 Å². The molecule has 34 heavy (non-hydrogen) atoms. The number of benzene rings is 2. The van der Waals surface area contributed by atoms with Crippen LogP contribution < -0.4 is 10.5 Å². The number of nitrogens with zero attached hydrogens (tertiary/aromatic N) is 3. The van der Waals surface area contributed by atoms with Gasteiger partial charge in [-0.25, -0.2) is 4.98 Å². The number of carbonyl (C=O) groups is 2. The van der Waals surface area contributed by atoms with Crippen molar-refractivity contribution >= 4 is 34.4 Å². The molecule has 1 aromatic heterocycles. The minimum Gasteiger partial charge on any atom is -0.468 e. The van der Waals surface area contributed by atoms with Gasteiger partial charge < -0.3 is 19.9 Å². The van der Waals surface area contributed by atoms with Crippen LogP contribution in [0.1, 0.15) is 49.9 Å². The number of hydrogen-bond donors (Lipinski definition) is 1. The van der Waals surface area contributed by atoms with Crippen molar-refractivity contribution in [3.8, 4) is 5.75 Å². The van der Waals surface area contributed by atoms with E-state index in [-0.39, 0.29) is 11.8 Å². The molecule has 2 aromatic carbocycles. The van der Waals surface area contributed by atoms with Gasteiger partial charge in [0.15, 0.2) is 5.72 Å². The zero-order valence-electron chi connectivity index (χ0n) is 19.5. The highest BCUT2D eigenvalue weighted by Gasteiger charge is 2.55. The number of primary amides is 1. The number of unbranched alkanes of at least 4 members (excludes halogenated alkanes) is 2. The van der Waals surface area contributed by atoms with Gasteiger partial charge in [0.2, 0.25) is 11.8 Å². The largest absolute Gasteiger partial charge is 0.468 e. The van der Waals surface area contributed by atoms with Crippen molar-refractivity contribution in [3.63, 3.8) is 0 Å². The van der Waals surface area contributed by atoms with Crippen LogP contribution in [0, 0.1) is 5.92 Å². The number of carbonyl (C=O) groups excluding carboxylic acids is 2. The zero-order chi connectivity index (χ0) is 24.0. The second kappa shape index (κ2) is 8.62. The van der Waals surface area contributed by atoms with Gasteiger partial charge in [-0.2, -0.15) is 0 Å². The first-order valence-electron chi connectivity index (χ1n) is 11.8. The minimum atomic E-state index is -0.857. The van der Waals surface area contributed by atoms with Crippen LogP contribution in [0.2, 0.25) is 5.02 Å². The normalized spacial score (nSPS) is 23.6. The molecule has 2 aliphatic rings. The van der Waals surface area contributed by atoms with E-state index in [2.05, 4.69) is 4.57 Å². The molecule has 2 amide bonds. The highest BCUT2D eigenvalue weighted by Crippen LogP contribution is 2.50. The summed E-state index contributed by atoms with van der Waals surface area (Å²) in [5, 5.41) is 0.681. The molecule has 0 unspecified atom stereocenters. The lowest BCUT2D eigenvalue weighted by molar-refractivity contribution is -0.175. The minimum absolute atomic E-state index is 0.229. The number of rotatable bonds is 7. The van der Waals surface area contributed by atoms with Crippen LogP contribution in [-0.2, 0) is 23.1 Å². The number of hydrogen-bond acceptors (Lipinski definition) is 4. The van der Waals surface area contributed by atoms with Crippen LogP contribution in [0.3, 0.4) is 0 Å². The molecule has 2 aliphatic heterocycles. The zero-order valence-corrected chi connectivity index (χ0v) is 20.2. The Bertz CT molecular complexity index is 1270. The summed E-state index contributed by atoms with van der Waals surface area (Å²) in [6, 6.07) is 13.4. The standard InChI is InChI=1S/C26H29ClN4O3/c1-26-15-18(17-8-5-6-9-21(17)34-26)23(24(28)32)25(33)31(26)13-7-3-4-10-22-29-19-14-16(27)11-12-20(19)30(22)2/h5-6,8-9,11-12,14,18,23H,3-4,7,10,13,15H2,1-2H3,(H2,28,32)/t18-,23-,26+/m0/s1. The number of aromatic nitrogens is 2. The van der Waals surface area contributed by atoms with Gasteiger partial charge in [0.1, 0.15) is 17.5 Å². The van der Waals surface area contributed by atoms with E-state index in [1.54, 1.807) is 4.90 Å². The smallest absolute Gasteiger partial charge is 0.238 e. The Labute approximate surface area is 203 Å². The topological polar surface area (TPSA) is 90.5 Å². The van der Waals surface area contributed by atoms with E-state index in [9.17, 15) is 9.59 Å². The summed E-state index contributed by atoms with van der Waals surface area (Å²) in [6.45, 7) is 2.46.